The number of hydrogen-bond donors (Lipinski definition) is 0. The molecule has 0 fully saturated rings. The fourth-order valence-electron chi connectivity index (χ4n) is 18.8. The second kappa shape index (κ2) is 45.3. The van der Waals surface area contributed by atoms with Gasteiger partial charge in [0.25, 0.3) is 24.0 Å². The van der Waals surface area contributed by atoms with Crippen molar-refractivity contribution in [2.24, 2.45) is 0 Å². The standard InChI is InChI=1S/C24H22B2.C20H18B2.C18H18B2S.C18H24B2S.C14H14B2S.C14H20B2S/c1-3-8-19-13-15-20(16-14-19)17-18-26-23-11-6-4-9-21(23)25(2)22-10-5-7-12-24(22)26;1-15-11-13-16(14-12-15)22-19-9-5-3-7-17(19)21(2)18-8-4-6-10-20(18)22;1-3-6-15-9-11-16(12-10-15)13-14-20-18-8-5-4-7-17(18)19(2)21-20;1-5-8-15-9-11-16(12-10-15)13-14-20-18(7-3)17(6-2)19(4)21-20;1-11-7-9-12(10-8-11)16-14-6-4-3-5-13(14)15(2)17-16;1-5-13-14(6-2)16(17-15(13)4)12-9-7-11(3)8-10-12/h3-18H,1-2H3;3-14H,1-2H3;3-14H,1-2H3;5,8-14H,6-7H2,1-4H3;3-10H,1-2H3;7-10H,5-6H2,1-4H3/b8-3+,18-17+;;6-3+,14-13+;8-5+,14-13+;;. The average Bonchev–Trinajstić information content (AvgIpc) is 1.24. The normalized spacial score (nSPS) is 14.3. The number of hydrogen-bond acceptors (Lipinski definition) is 4. The Morgan fingerprint density at radius 1 is 0.234 bits per heavy atom. The SMILES string of the molecule is C/C=C/c1ccc(/C=C/B2SB(C)C(CC)=C2CC)cc1.C/C=C/c1ccc(/C=C/B2SB(C)c3ccccc32)cc1.C/C=C/c1ccc(/C=C/B2c3ccccc3B(C)c3ccccc32)cc1.CB1SB(c2ccc(C)cc2)c2ccccc21.CB1c2ccccc2B(c2ccc(C)cc2)c2ccccc21.CCC1=C(CC)B(c2ccc(C)cc2)SB1C. The van der Waals surface area contributed by atoms with Crippen LogP contribution in [0.15, 0.2) is 349 Å². The molecule has 0 saturated heterocycles. The van der Waals surface area contributed by atoms with Gasteiger partial charge in [-0.2, -0.15) is 0 Å². The van der Waals surface area contributed by atoms with Gasteiger partial charge in [-0.3, -0.25) is 0 Å². The highest BCUT2D eigenvalue weighted by molar-refractivity contribution is 8.49. The zero-order valence-corrected chi connectivity index (χ0v) is 79.3. The molecule has 12 aromatic rings. The van der Waals surface area contributed by atoms with Gasteiger partial charge in [0.2, 0.25) is 50.8 Å². The fourth-order valence-corrected chi connectivity index (χ4v) is 24.9. The third kappa shape index (κ3) is 22.8. The summed E-state index contributed by atoms with van der Waals surface area (Å²) in [7, 11) is 0. The highest BCUT2D eigenvalue weighted by Crippen LogP contribution is 2.39. The molecule has 0 bridgehead atoms. The molecule has 18 rings (SSSR count). The van der Waals surface area contributed by atoms with Gasteiger partial charge in [0.05, 0.1) is 0 Å². The Morgan fingerprint density at radius 3 is 0.919 bits per heavy atom. The van der Waals surface area contributed by atoms with Crippen molar-refractivity contribution in [3.05, 3.63) is 399 Å². The minimum atomic E-state index is 0.314. The van der Waals surface area contributed by atoms with Gasteiger partial charge in [0.1, 0.15) is 0 Å². The van der Waals surface area contributed by atoms with E-state index in [9.17, 15) is 0 Å². The number of benzene rings is 12. The monoisotopic (exact) mass is 1670 g/mol. The molecule has 0 radical (unpaired) electrons. The lowest BCUT2D eigenvalue weighted by molar-refractivity contribution is 1.10. The minimum absolute atomic E-state index is 0.314. The summed E-state index contributed by atoms with van der Waals surface area (Å²) >= 11 is 8.29. The molecule has 0 nitrogen and oxygen atoms in total. The van der Waals surface area contributed by atoms with Crippen LogP contribution in [0.5, 0.6) is 0 Å². The van der Waals surface area contributed by atoms with E-state index >= 15 is 0 Å². The highest BCUT2D eigenvalue weighted by Gasteiger charge is 2.39. The lowest BCUT2D eigenvalue weighted by atomic mass is 9.23. The first-order chi connectivity index (χ1) is 60.4. The van der Waals surface area contributed by atoms with Crippen LogP contribution in [-0.4, -0.2) is 74.8 Å². The first-order valence-corrected chi connectivity index (χ1v) is 49.2. The first kappa shape index (κ1) is 92.4. The topological polar surface area (TPSA) is 0 Å². The number of allylic oxidation sites excluding steroid dienone is 7. The molecule has 0 aliphatic carbocycles. The van der Waals surface area contributed by atoms with Crippen LogP contribution < -0.4 is 81.9 Å². The Balaban J connectivity index is 0.000000129. The van der Waals surface area contributed by atoms with Crippen LogP contribution in [0.2, 0.25) is 40.9 Å². The van der Waals surface area contributed by atoms with Crippen molar-refractivity contribution in [1.82, 2.24) is 0 Å². The predicted octanol–water partition coefficient (Wildman–Crippen LogP) is 19.2. The summed E-state index contributed by atoms with van der Waals surface area (Å²) < 4.78 is 0. The van der Waals surface area contributed by atoms with E-state index in [1.807, 2.05) is 25.3 Å². The molecule has 6 aliphatic rings. The van der Waals surface area contributed by atoms with Crippen molar-refractivity contribution < 1.29 is 0 Å². The molecule has 124 heavy (non-hydrogen) atoms. The molecule has 0 saturated carbocycles. The van der Waals surface area contributed by atoms with Gasteiger partial charge in [-0.25, -0.2) is 45.9 Å². The summed E-state index contributed by atoms with van der Waals surface area (Å²) in [6.45, 7) is 37.3. The Bertz CT molecular complexity index is 5700. The quantitative estimate of drug-likeness (QED) is 0.0884. The molecule has 0 N–H and O–H groups in total. The van der Waals surface area contributed by atoms with Crippen LogP contribution in [-0.2, 0) is 0 Å². The predicted molar refractivity (Wildman–Crippen MR) is 587 cm³/mol. The van der Waals surface area contributed by atoms with Gasteiger partial charge in [0.15, 0.2) is 0 Å². The number of rotatable bonds is 16. The fraction of sp³-hybridized carbons (Fsp3) is 0.185. The van der Waals surface area contributed by atoms with Crippen molar-refractivity contribution in [2.45, 2.75) is 136 Å². The van der Waals surface area contributed by atoms with E-state index in [0.29, 0.717) is 74.8 Å². The highest BCUT2D eigenvalue weighted by atomic mass is 32.2. The number of aryl methyl sites for hydroxylation is 3. The molecule has 6 aliphatic heterocycles. The molecular formula is C108H116B12S4. The van der Waals surface area contributed by atoms with Crippen LogP contribution >= 0.6 is 45.9 Å². The van der Waals surface area contributed by atoms with Crippen LogP contribution in [0.1, 0.15) is 124 Å². The van der Waals surface area contributed by atoms with Gasteiger partial charge < -0.3 is 0 Å². The molecule has 6 heterocycles. The average molecular weight is 1670 g/mol. The molecule has 608 valence electrons. The zero-order chi connectivity index (χ0) is 87.2. The van der Waals surface area contributed by atoms with Crippen LogP contribution in [0.4, 0.5) is 0 Å². The van der Waals surface area contributed by atoms with Crippen molar-refractivity contribution in [2.75, 3.05) is 0 Å². The maximum absolute atomic E-state index is 2.38. The van der Waals surface area contributed by atoms with Crippen molar-refractivity contribution in [3.8, 4) is 0 Å². The molecule has 16 heteroatoms. The Labute approximate surface area is 767 Å². The minimum Gasteiger partial charge on any atom is -0.240 e. The second-order valence-electron chi connectivity index (χ2n) is 33.7. The molecular weight excluding hydrogens is 1560 g/mol. The Hall–Kier alpha value is -9.26. The van der Waals surface area contributed by atoms with E-state index in [4.69, 9.17) is 0 Å². The Kier molecular flexibility index (Phi) is 33.7. The number of fused-ring (bicyclic) bond motifs is 6. The third-order valence-electron chi connectivity index (χ3n) is 25.4. The maximum Gasteiger partial charge on any atom is 0.263 e. The van der Waals surface area contributed by atoms with Crippen molar-refractivity contribution in [3.63, 3.8) is 0 Å². The van der Waals surface area contributed by atoms with Crippen molar-refractivity contribution in [1.29, 1.82) is 0 Å². The van der Waals surface area contributed by atoms with E-state index in [0.717, 1.165) is 0 Å². The third-order valence-corrected chi connectivity index (χ3v) is 31.2. The van der Waals surface area contributed by atoms with Gasteiger partial charge >= 0.3 is 0 Å². The lowest BCUT2D eigenvalue weighted by Gasteiger charge is -2.30. The van der Waals surface area contributed by atoms with Gasteiger partial charge in [-0.15, -0.1) is 5.98 Å². The summed E-state index contributed by atoms with van der Waals surface area (Å²) in [5.41, 5.74) is 40.1. The van der Waals surface area contributed by atoms with E-state index in [1.165, 1.54) is 158 Å². The molecule has 0 atom stereocenters. The zero-order valence-electron chi connectivity index (χ0n) is 76.0. The summed E-state index contributed by atoms with van der Waals surface area (Å²) in [5, 5.41) is 0. The van der Waals surface area contributed by atoms with Gasteiger partial charge in [0, 0.05) is 0 Å². The van der Waals surface area contributed by atoms with E-state index in [-0.39, 0.29) is 0 Å². The molecule has 0 amide bonds. The lowest BCUT2D eigenvalue weighted by Crippen LogP contribution is -2.71. The van der Waals surface area contributed by atoms with Crippen LogP contribution in [0.25, 0.3) is 36.5 Å². The summed E-state index contributed by atoms with van der Waals surface area (Å²) in [6, 6.07) is 106. The van der Waals surface area contributed by atoms with Gasteiger partial charge in [-0.1, -0.05) is 547 Å². The largest absolute Gasteiger partial charge is 0.263 e. The summed E-state index contributed by atoms with van der Waals surface area (Å²) in [5.74, 6) is 11.8. The molecule has 0 spiro atoms. The van der Waals surface area contributed by atoms with Crippen molar-refractivity contribution >= 4 is 239 Å². The van der Waals surface area contributed by atoms with Crippen LogP contribution in [0.3, 0.4) is 0 Å². The Morgan fingerprint density at radius 2 is 0.516 bits per heavy atom. The molecule has 0 aromatic heterocycles. The summed E-state index contributed by atoms with van der Waals surface area (Å²) in [6.07, 6.45) is 24.1. The first-order valence-electron chi connectivity index (χ1n) is 45.4. The van der Waals surface area contributed by atoms with Crippen LogP contribution in [0, 0.1) is 20.8 Å². The molecule has 0 unspecified atom stereocenters. The second-order valence-corrected chi connectivity index (χ2v) is 39.5. The van der Waals surface area contributed by atoms with E-state index < -0.39 is 0 Å². The van der Waals surface area contributed by atoms with E-state index in [1.54, 1.807) is 21.9 Å². The van der Waals surface area contributed by atoms with Gasteiger partial charge in [-0.05, 0) is 101 Å². The maximum atomic E-state index is 2.38. The van der Waals surface area contributed by atoms with E-state index in [2.05, 4.69) is 495 Å². The summed E-state index contributed by atoms with van der Waals surface area (Å²) in [4.78, 5) is 0. The smallest absolute Gasteiger partial charge is 0.240 e. The molecule has 12 aromatic carbocycles.